The Morgan fingerprint density at radius 1 is 0.875 bits per heavy atom. The molecule has 212 valence electrons. The molecule has 3 aromatic rings. The Kier molecular flexibility index (Phi) is 9.03. The van der Waals surface area contributed by atoms with Crippen molar-refractivity contribution in [2.75, 3.05) is 81.1 Å². The molecule has 2 aliphatic heterocycles. The number of ether oxygens (including phenoxy) is 1. The topological polar surface area (TPSA) is 91.3 Å². The first kappa shape index (κ1) is 27.7. The fraction of sp³-hybridized carbons (Fsp3) is 0.387. The molecule has 4 N–H and O–H groups in total. The van der Waals surface area contributed by atoms with Gasteiger partial charge in [-0.15, -0.1) is 0 Å². The average molecular weight is 547 g/mol. The van der Waals surface area contributed by atoms with Gasteiger partial charge in [-0.2, -0.15) is 0 Å². The summed E-state index contributed by atoms with van der Waals surface area (Å²) in [5.74, 6) is -0.216. The predicted octanol–water partition coefficient (Wildman–Crippen LogP) is 4.00. The molecule has 0 bridgehead atoms. The van der Waals surface area contributed by atoms with Crippen molar-refractivity contribution in [2.45, 2.75) is 13.0 Å². The van der Waals surface area contributed by atoms with Crippen molar-refractivity contribution in [2.24, 2.45) is 5.73 Å². The number of nitrogens with zero attached hydrogens (tertiary/aromatic N) is 4. The Morgan fingerprint density at radius 2 is 1.57 bits per heavy atom. The van der Waals surface area contributed by atoms with Crippen molar-refractivity contribution in [3.05, 3.63) is 78.1 Å². The molecule has 3 aromatic carbocycles. The smallest absolute Gasteiger partial charge is 0.320 e. The van der Waals surface area contributed by atoms with E-state index in [0.29, 0.717) is 45.9 Å². The minimum absolute atomic E-state index is 0.0373. The third kappa shape index (κ3) is 6.66. The van der Waals surface area contributed by atoms with E-state index in [-0.39, 0.29) is 11.8 Å². The summed E-state index contributed by atoms with van der Waals surface area (Å²) in [5.41, 5.74) is 18.3. The number of benzene rings is 3. The van der Waals surface area contributed by atoms with Crippen LogP contribution in [0.1, 0.15) is 12.0 Å². The number of amides is 2. The van der Waals surface area contributed by atoms with Crippen LogP contribution in [0.3, 0.4) is 0 Å². The SMILES string of the molecule is NCCCN(Cc1cccc(-c2ccc(N3CCN(c4ccc(F)cc4)CC3)c(N)c2)c1)C(=O)N1CCOCC1. The summed E-state index contributed by atoms with van der Waals surface area (Å²) in [6.45, 7) is 7.44. The van der Waals surface area contributed by atoms with Crippen molar-refractivity contribution in [3.63, 3.8) is 0 Å². The lowest BCUT2D eigenvalue weighted by atomic mass is 10.0. The monoisotopic (exact) mass is 546 g/mol. The van der Waals surface area contributed by atoms with Gasteiger partial charge < -0.3 is 35.8 Å². The number of hydrogen-bond acceptors (Lipinski definition) is 6. The van der Waals surface area contributed by atoms with Gasteiger partial charge in [0.2, 0.25) is 0 Å². The van der Waals surface area contributed by atoms with Crippen molar-refractivity contribution in [3.8, 4) is 11.1 Å². The largest absolute Gasteiger partial charge is 0.397 e. The molecular weight excluding hydrogens is 507 g/mol. The van der Waals surface area contributed by atoms with Crippen LogP contribution in [0.25, 0.3) is 11.1 Å². The molecule has 9 heteroatoms. The second kappa shape index (κ2) is 13.0. The summed E-state index contributed by atoms with van der Waals surface area (Å²) >= 11 is 0. The summed E-state index contributed by atoms with van der Waals surface area (Å²) in [6, 6.07) is 21.3. The van der Waals surface area contributed by atoms with Gasteiger partial charge in [-0.25, -0.2) is 9.18 Å². The van der Waals surface area contributed by atoms with Gasteiger partial charge in [0, 0.05) is 58.0 Å². The number of morpholine rings is 1. The molecule has 0 atom stereocenters. The highest BCUT2D eigenvalue weighted by atomic mass is 19.1. The molecule has 40 heavy (non-hydrogen) atoms. The van der Waals surface area contributed by atoms with Crippen LogP contribution in [0.2, 0.25) is 0 Å². The maximum absolute atomic E-state index is 13.3. The summed E-state index contributed by atoms with van der Waals surface area (Å²) in [5, 5.41) is 0. The molecule has 2 heterocycles. The third-order valence-electron chi connectivity index (χ3n) is 7.66. The van der Waals surface area contributed by atoms with Crippen molar-refractivity contribution >= 4 is 23.1 Å². The van der Waals surface area contributed by atoms with E-state index in [1.54, 1.807) is 0 Å². The quantitative estimate of drug-likeness (QED) is 0.415. The number of anilines is 3. The normalized spacial score (nSPS) is 15.8. The maximum atomic E-state index is 13.3. The fourth-order valence-corrected chi connectivity index (χ4v) is 5.43. The first-order chi connectivity index (χ1) is 19.5. The molecule has 2 fully saturated rings. The summed E-state index contributed by atoms with van der Waals surface area (Å²) in [6.07, 6.45) is 0.756. The second-order valence-electron chi connectivity index (χ2n) is 10.4. The van der Waals surface area contributed by atoms with Crippen LogP contribution in [-0.2, 0) is 11.3 Å². The number of urea groups is 1. The lowest BCUT2D eigenvalue weighted by Crippen LogP contribution is -2.48. The van der Waals surface area contributed by atoms with Crippen LogP contribution in [-0.4, -0.2) is 81.4 Å². The Hall–Kier alpha value is -3.82. The molecule has 2 saturated heterocycles. The number of halogens is 1. The standard InChI is InChI=1S/C31H39FN6O2/c32-27-6-8-28(9-7-27)35-13-15-36(16-14-35)30-10-5-26(22-29(30)34)25-4-1-3-24(21-25)23-38(12-2-11-33)31(39)37-17-19-40-20-18-37/h1,3-10,21-22H,2,11-20,23,33-34H2. The number of piperazine rings is 1. The molecular formula is C31H39FN6O2. The van der Waals surface area contributed by atoms with E-state index in [0.717, 1.165) is 66.4 Å². The van der Waals surface area contributed by atoms with Crippen LogP contribution >= 0.6 is 0 Å². The van der Waals surface area contributed by atoms with E-state index in [1.165, 1.54) is 12.1 Å². The number of nitrogens with two attached hydrogens (primary N) is 2. The highest BCUT2D eigenvalue weighted by Crippen LogP contribution is 2.31. The lowest BCUT2D eigenvalue weighted by Gasteiger charge is -2.38. The third-order valence-corrected chi connectivity index (χ3v) is 7.66. The van der Waals surface area contributed by atoms with Gasteiger partial charge in [0.25, 0.3) is 0 Å². The zero-order chi connectivity index (χ0) is 27.9. The van der Waals surface area contributed by atoms with Crippen LogP contribution in [0, 0.1) is 5.82 Å². The molecule has 2 aliphatic rings. The van der Waals surface area contributed by atoms with Crippen molar-refractivity contribution < 1.29 is 13.9 Å². The van der Waals surface area contributed by atoms with Gasteiger partial charge in [0.1, 0.15) is 5.82 Å². The number of carbonyl (C=O) groups is 1. The van der Waals surface area contributed by atoms with E-state index in [2.05, 4.69) is 40.1 Å². The molecule has 0 saturated carbocycles. The number of rotatable bonds is 8. The highest BCUT2D eigenvalue weighted by molar-refractivity contribution is 5.77. The molecule has 5 rings (SSSR count). The maximum Gasteiger partial charge on any atom is 0.320 e. The lowest BCUT2D eigenvalue weighted by molar-refractivity contribution is 0.0425. The van der Waals surface area contributed by atoms with Crippen molar-refractivity contribution in [1.82, 2.24) is 9.80 Å². The zero-order valence-electron chi connectivity index (χ0n) is 23.0. The summed E-state index contributed by atoms with van der Waals surface area (Å²) in [7, 11) is 0. The first-order valence-electron chi connectivity index (χ1n) is 14.1. The Balaban J connectivity index is 1.25. The summed E-state index contributed by atoms with van der Waals surface area (Å²) < 4.78 is 18.7. The van der Waals surface area contributed by atoms with E-state index >= 15 is 0 Å². The van der Waals surface area contributed by atoms with E-state index < -0.39 is 0 Å². The van der Waals surface area contributed by atoms with Crippen LogP contribution in [0.4, 0.5) is 26.2 Å². The zero-order valence-corrected chi connectivity index (χ0v) is 23.0. The molecule has 0 aliphatic carbocycles. The van der Waals surface area contributed by atoms with Gasteiger partial charge in [0.05, 0.1) is 24.6 Å². The highest BCUT2D eigenvalue weighted by Gasteiger charge is 2.23. The minimum Gasteiger partial charge on any atom is -0.397 e. The first-order valence-corrected chi connectivity index (χ1v) is 14.1. The van der Waals surface area contributed by atoms with Crippen molar-refractivity contribution in [1.29, 1.82) is 0 Å². The van der Waals surface area contributed by atoms with Gasteiger partial charge in [-0.1, -0.05) is 24.3 Å². The average Bonchev–Trinajstić information content (AvgIpc) is 3.00. The number of carbonyl (C=O) groups excluding carboxylic acids is 1. The summed E-state index contributed by atoms with van der Waals surface area (Å²) in [4.78, 5) is 21.6. The van der Waals surface area contributed by atoms with Crippen LogP contribution in [0.15, 0.2) is 66.7 Å². The second-order valence-corrected chi connectivity index (χ2v) is 10.4. The Morgan fingerprint density at radius 3 is 2.27 bits per heavy atom. The number of nitrogen functional groups attached to an aromatic ring is 1. The molecule has 0 spiro atoms. The van der Waals surface area contributed by atoms with Crippen LogP contribution < -0.4 is 21.3 Å². The molecule has 2 amide bonds. The van der Waals surface area contributed by atoms with E-state index in [9.17, 15) is 9.18 Å². The minimum atomic E-state index is -0.216. The predicted molar refractivity (Wildman–Crippen MR) is 159 cm³/mol. The van der Waals surface area contributed by atoms with Gasteiger partial charge in [0.15, 0.2) is 0 Å². The van der Waals surface area contributed by atoms with E-state index in [1.807, 2.05) is 34.1 Å². The molecule has 8 nitrogen and oxygen atoms in total. The van der Waals surface area contributed by atoms with E-state index in [4.69, 9.17) is 16.2 Å². The Labute approximate surface area is 235 Å². The Bertz CT molecular complexity index is 1270. The van der Waals surface area contributed by atoms with Gasteiger partial charge >= 0.3 is 6.03 Å². The van der Waals surface area contributed by atoms with Crippen LogP contribution in [0.5, 0.6) is 0 Å². The van der Waals surface area contributed by atoms with Gasteiger partial charge in [-0.05, 0) is 72.1 Å². The molecule has 0 aromatic heterocycles. The fourth-order valence-electron chi connectivity index (χ4n) is 5.43. The number of hydrogen-bond donors (Lipinski definition) is 2. The molecule has 0 radical (unpaired) electrons. The molecule has 0 unspecified atom stereocenters. The van der Waals surface area contributed by atoms with Gasteiger partial charge in [-0.3, -0.25) is 0 Å².